The van der Waals surface area contributed by atoms with Crippen LogP contribution in [-0.2, 0) is 11.2 Å². The lowest BCUT2D eigenvalue weighted by molar-refractivity contribution is -0.107. The van der Waals surface area contributed by atoms with E-state index in [0.29, 0.717) is 16.9 Å². The minimum atomic E-state index is -4.29. The van der Waals surface area contributed by atoms with Crippen molar-refractivity contribution in [2.75, 3.05) is 0 Å². The molecule has 0 saturated carbocycles. The van der Waals surface area contributed by atoms with Crippen LogP contribution in [0.25, 0.3) is 0 Å². The van der Waals surface area contributed by atoms with Crippen molar-refractivity contribution < 1.29 is 18.0 Å². The highest BCUT2D eigenvalue weighted by molar-refractivity contribution is 8.00. The van der Waals surface area contributed by atoms with Crippen molar-refractivity contribution in [1.29, 1.82) is 0 Å². The van der Waals surface area contributed by atoms with Crippen LogP contribution in [0, 0.1) is 0 Å². The van der Waals surface area contributed by atoms with Crippen LogP contribution in [0.3, 0.4) is 0 Å². The van der Waals surface area contributed by atoms with Crippen LogP contribution in [-0.4, -0.2) is 11.8 Å². The lowest BCUT2D eigenvalue weighted by atomic mass is 10.1. The predicted octanol–water partition coefficient (Wildman–Crippen LogP) is 3.72. The van der Waals surface area contributed by atoms with E-state index in [1.807, 2.05) is 0 Å². The summed E-state index contributed by atoms with van der Waals surface area (Å²) < 4.78 is 36.3. The summed E-state index contributed by atoms with van der Waals surface area (Å²) in [6.07, 6.45) is 1.43. The van der Waals surface area contributed by atoms with Gasteiger partial charge in [-0.3, -0.25) is 0 Å². The van der Waals surface area contributed by atoms with Gasteiger partial charge in [0.05, 0.1) is 0 Å². The lowest BCUT2D eigenvalue weighted by Gasteiger charge is -2.08. The number of aldehydes is 1. The number of rotatable bonds is 4. The molecule has 0 N–H and O–H groups in total. The monoisotopic (exact) mass is 266 g/mol. The Balaban J connectivity index is 2.84. The molecule has 0 aliphatic rings. The first-order valence-electron chi connectivity index (χ1n) is 4.43. The van der Waals surface area contributed by atoms with Crippen LogP contribution >= 0.6 is 24.4 Å². The zero-order chi connectivity index (χ0) is 12.2. The molecule has 1 aromatic rings. The molecule has 0 aliphatic heterocycles. The van der Waals surface area contributed by atoms with E-state index in [0.717, 1.165) is 6.29 Å². The molecule has 0 unspecified atom stereocenters. The van der Waals surface area contributed by atoms with E-state index in [2.05, 4.69) is 12.6 Å². The fraction of sp³-hybridized carbons (Fsp3) is 0.300. The zero-order valence-corrected chi connectivity index (χ0v) is 9.83. The number of carbonyl (C=O) groups is 1. The van der Waals surface area contributed by atoms with Crippen LogP contribution in [0.5, 0.6) is 0 Å². The second-order valence-electron chi connectivity index (χ2n) is 3.04. The van der Waals surface area contributed by atoms with E-state index >= 15 is 0 Å². The summed E-state index contributed by atoms with van der Waals surface area (Å²) in [7, 11) is 0. The number of thioether (sulfide) groups is 1. The van der Waals surface area contributed by atoms with E-state index < -0.39 is 5.51 Å². The Labute approximate surface area is 101 Å². The van der Waals surface area contributed by atoms with Crippen molar-refractivity contribution in [3.8, 4) is 0 Å². The maximum atomic E-state index is 12.1. The first kappa shape index (κ1) is 13.4. The fourth-order valence-electron chi connectivity index (χ4n) is 1.17. The molecule has 0 amide bonds. The highest BCUT2D eigenvalue weighted by atomic mass is 32.2. The highest BCUT2D eigenvalue weighted by Crippen LogP contribution is 2.37. The third-order valence-corrected chi connectivity index (χ3v) is 2.97. The van der Waals surface area contributed by atoms with E-state index in [1.165, 1.54) is 18.2 Å². The van der Waals surface area contributed by atoms with Crippen molar-refractivity contribution in [1.82, 2.24) is 0 Å². The van der Waals surface area contributed by atoms with Crippen LogP contribution in [0.1, 0.15) is 12.0 Å². The molecule has 0 heterocycles. The Morgan fingerprint density at radius 3 is 2.62 bits per heavy atom. The Bertz CT molecular complexity index is 377. The van der Waals surface area contributed by atoms with Gasteiger partial charge in [0, 0.05) is 16.2 Å². The standard InChI is InChI=1S/C10H9F3OS2/c11-10(12,13)16-8-3-4-9(15)7(6-8)2-1-5-14/h3-6,15H,1-2H2. The molecule has 0 radical (unpaired) electrons. The largest absolute Gasteiger partial charge is 0.446 e. The smallest absolute Gasteiger partial charge is 0.303 e. The van der Waals surface area contributed by atoms with Gasteiger partial charge in [-0.05, 0) is 41.9 Å². The molecule has 16 heavy (non-hydrogen) atoms. The summed E-state index contributed by atoms with van der Waals surface area (Å²) in [4.78, 5) is 10.9. The Hall–Kier alpha value is -0.620. The molecule has 0 atom stereocenters. The van der Waals surface area contributed by atoms with E-state index in [4.69, 9.17) is 0 Å². The summed E-state index contributed by atoms with van der Waals surface area (Å²) in [5.74, 6) is 0. The van der Waals surface area contributed by atoms with Crippen molar-refractivity contribution in [2.24, 2.45) is 0 Å². The second-order valence-corrected chi connectivity index (χ2v) is 4.66. The fourth-order valence-corrected chi connectivity index (χ4v) is 2.03. The number of alkyl halides is 3. The van der Waals surface area contributed by atoms with Crippen molar-refractivity contribution >= 4 is 30.7 Å². The molecule has 0 saturated heterocycles. The van der Waals surface area contributed by atoms with Gasteiger partial charge >= 0.3 is 5.51 Å². The number of hydrogen-bond donors (Lipinski definition) is 1. The van der Waals surface area contributed by atoms with E-state index in [1.54, 1.807) is 0 Å². The molecule has 0 bridgehead atoms. The number of halogens is 3. The Morgan fingerprint density at radius 2 is 2.06 bits per heavy atom. The van der Waals surface area contributed by atoms with Crippen LogP contribution in [0.15, 0.2) is 28.0 Å². The van der Waals surface area contributed by atoms with Gasteiger partial charge in [-0.1, -0.05) is 0 Å². The van der Waals surface area contributed by atoms with Crippen LogP contribution in [0.2, 0.25) is 0 Å². The molecule has 0 fully saturated rings. The van der Waals surface area contributed by atoms with E-state index in [9.17, 15) is 18.0 Å². The molecule has 6 heteroatoms. The van der Waals surface area contributed by atoms with Gasteiger partial charge in [-0.2, -0.15) is 13.2 Å². The topological polar surface area (TPSA) is 17.1 Å². The highest BCUT2D eigenvalue weighted by Gasteiger charge is 2.29. The number of thiol groups is 1. The van der Waals surface area contributed by atoms with Gasteiger partial charge in [0.2, 0.25) is 0 Å². The molecule has 0 aliphatic carbocycles. The summed E-state index contributed by atoms with van der Waals surface area (Å²) in [5.41, 5.74) is -3.63. The van der Waals surface area contributed by atoms with Gasteiger partial charge in [0.15, 0.2) is 0 Å². The Kier molecular flexibility index (Phi) is 4.73. The third-order valence-electron chi connectivity index (χ3n) is 1.82. The normalized spacial score (nSPS) is 11.5. The van der Waals surface area contributed by atoms with Gasteiger partial charge in [0.1, 0.15) is 6.29 Å². The molecule has 0 spiro atoms. The average Bonchev–Trinajstić information content (AvgIpc) is 2.17. The van der Waals surface area contributed by atoms with Crippen LogP contribution in [0.4, 0.5) is 13.2 Å². The van der Waals surface area contributed by atoms with Crippen LogP contribution < -0.4 is 0 Å². The quantitative estimate of drug-likeness (QED) is 0.508. The number of aryl methyl sites for hydroxylation is 1. The number of carbonyl (C=O) groups excluding carboxylic acids is 1. The molecule has 88 valence electrons. The second kappa shape index (κ2) is 5.63. The van der Waals surface area contributed by atoms with Gasteiger partial charge in [-0.25, -0.2) is 0 Å². The minimum Gasteiger partial charge on any atom is -0.303 e. The minimum absolute atomic E-state index is 0.117. The summed E-state index contributed by atoms with van der Waals surface area (Å²) in [5, 5.41) is 0. The van der Waals surface area contributed by atoms with Crippen molar-refractivity contribution in [3.63, 3.8) is 0 Å². The molecule has 0 aromatic heterocycles. The molecular formula is C10H9F3OS2. The third kappa shape index (κ3) is 4.49. The Morgan fingerprint density at radius 1 is 1.38 bits per heavy atom. The van der Waals surface area contributed by atoms with Crippen molar-refractivity contribution in [2.45, 2.75) is 28.1 Å². The molecule has 1 aromatic carbocycles. The first-order chi connectivity index (χ1) is 7.42. The zero-order valence-electron chi connectivity index (χ0n) is 8.12. The van der Waals surface area contributed by atoms with Gasteiger partial charge in [-0.15, -0.1) is 12.6 Å². The van der Waals surface area contributed by atoms with Gasteiger partial charge in [0.25, 0.3) is 0 Å². The summed E-state index contributed by atoms with van der Waals surface area (Å²) >= 11 is 3.96. The van der Waals surface area contributed by atoms with E-state index in [-0.39, 0.29) is 23.1 Å². The van der Waals surface area contributed by atoms with Gasteiger partial charge < -0.3 is 4.79 Å². The predicted molar refractivity (Wildman–Crippen MR) is 60.0 cm³/mol. The lowest BCUT2D eigenvalue weighted by Crippen LogP contribution is -1.99. The summed E-state index contributed by atoms with van der Waals surface area (Å²) in [6.45, 7) is 0. The first-order valence-corrected chi connectivity index (χ1v) is 5.70. The molecule has 1 nitrogen and oxygen atoms in total. The maximum Gasteiger partial charge on any atom is 0.446 e. The average molecular weight is 266 g/mol. The molecule has 1 rings (SSSR count). The number of benzene rings is 1. The summed E-state index contributed by atoms with van der Waals surface area (Å²) in [6, 6.07) is 4.30. The maximum absolute atomic E-state index is 12.1. The molecular weight excluding hydrogens is 257 g/mol. The SMILES string of the molecule is O=CCCc1cc(SC(F)(F)F)ccc1S. The number of hydrogen-bond acceptors (Lipinski definition) is 3. The van der Waals surface area contributed by atoms with Crippen molar-refractivity contribution in [3.05, 3.63) is 23.8 Å².